The van der Waals surface area contributed by atoms with Gasteiger partial charge in [0, 0.05) is 62.2 Å². The van der Waals surface area contributed by atoms with E-state index in [1.165, 1.54) is 0 Å². The molecular formula is C33H43ClN6O3Si. The number of amides is 2. The van der Waals surface area contributed by atoms with E-state index in [0.717, 1.165) is 22.8 Å². The zero-order chi connectivity index (χ0) is 31.6. The van der Waals surface area contributed by atoms with Crippen molar-refractivity contribution in [1.29, 1.82) is 0 Å². The quantitative estimate of drug-likeness (QED) is 0.174. The number of carbonyl (C=O) groups excluding carboxylic acids is 2. The molecule has 3 aromatic heterocycles. The molecule has 4 aromatic rings. The van der Waals surface area contributed by atoms with Gasteiger partial charge in [0.05, 0.1) is 29.6 Å². The Balaban J connectivity index is 1.42. The highest BCUT2D eigenvalue weighted by Crippen LogP contribution is 2.32. The van der Waals surface area contributed by atoms with Crippen molar-refractivity contribution in [3.8, 4) is 0 Å². The van der Waals surface area contributed by atoms with E-state index in [2.05, 4.69) is 55.7 Å². The molecule has 1 saturated heterocycles. The summed E-state index contributed by atoms with van der Waals surface area (Å²) in [6, 6.07) is 12.1. The van der Waals surface area contributed by atoms with Crippen LogP contribution in [0.2, 0.25) is 30.7 Å². The topological polar surface area (TPSA) is 93.8 Å². The summed E-state index contributed by atoms with van der Waals surface area (Å²) in [5.41, 5.74) is 3.05. The zero-order valence-corrected chi connectivity index (χ0v) is 28.3. The molecule has 1 aliphatic heterocycles. The second kappa shape index (κ2) is 12.9. The van der Waals surface area contributed by atoms with Gasteiger partial charge in [0.25, 0.3) is 11.8 Å². The van der Waals surface area contributed by atoms with E-state index in [-0.39, 0.29) is 35.9 Å². The Morgan fingerprint density at radius 3 is 2.66 bits per heavy atom. The molecule has 0 saturated carbocycles. The molecule has 44 heavy (non-hydrogen) atoms. The molecule has 1 aliphatic rings. The number of rotatable bonds is 9. The predicted molar refractivity (Wildman–Crippen MR) is 176 cm³/mol. The second-order valence-corrected chi connectivity index (χ2v) is 19.9. The Labute approximate surface area is 265 Å². The normalized spacial score (nSPS) is 17.7. The number of benzene rings is 1. The number of aromatic nitrogens is 4. The minimum Gasteiger partial charge on any atom is -0.361 e. The number of hydrogen-bond acceptors (Lipinski definition) is 5. The van der Waals surface area contributed by atoms with Crippen LogP contribution < -0.4 is 5.32 Å². The van der Waals surface area contributed by atoms with Crippen molar-refractivity contribution in [2.75, 3.05) is 19.7 Å². The average molecular weight is 635 g/mol. The molecule has 1 aromatic carbocycles. The molecule has 234 valence electrons. The van der Waals surface area contributed by atoms with E-state index >= 15 is 0 Å². The lowest BCUT2D eigenvalue weighted by Crippen LogP contribution is -2.53. The molecule has 0 aliphatic carbocycles. The van der Waals surface area contributed by atoms with Crippen LogP contribution in [0.15, 0.2) is 61.3 Å². The number of halogens is 1. The second-order valence-electron chi connectivity index (χ2n) is 13.9. The van der Waals surface area contributed by atoms with Crippen molar-refractivity contribution in [1.82, 2.24) is 29.2 Å². The Kier molecular flexibility index (Phi) is 9.34. The molecule has 4 heterocycles. The van der Waals surface area contributed by atoms with Crippen LogP contribution in [-0.4, -0.2) is 69.5 Å². The number of imidazole rings is 2. The molecule has 0 spiro atoms. The molecule has 0 radical (unpaired) electrons. The van der Waals surface area contributed by atoms with E-state index < -0.39 is 8.07 Å². The zero-order valence-electron chi connectivity index (χ0n) is 26.5. The highest BCUT2D eigenvalue weighted by Gasteiger charge is 2.36. The number of carbonyl (C=O) groups is 2. The Hall–Kier alpha value is -3.47. The maximum absolute atomic E-state index is 14.0. The summed E-state index contributed by atoms with van der Waals surface area (Å²) in [6.45, 7) is 15.0. The summed E-state index contributed by atoms with van der Waals surface area (Å²) < 4.78 is 9.83. The van der Waals surface area contributed by atoms with Crippen LogP contribution in [0.5, 0.6) is 0 Å². The molecule has 1 fully saturated rings. The summed E-state index contributed by atoms with van der Waals surface area (Å²) >= 11 is 6.39. The Morgan fingerprint density at radius 1 is 1.14 bits per heavy atom. The number of pyridine rings is 1. The highest BCUT2D eigenvalue weighted by atomic mass is 35.5. The van der Waals surface area contributed by atoms with E-state index in [4.69, 9.17) is 16.3 Å². The number of piperidine rings is 1. The predicted octanol–water partition coefficient (Wildman–Crippen LogP) is 6.22. The van der Waals surface area contributed by atoms with Gasteiger partial charge in [-0.1, -0.05) is 64.1 Å². The molecule has 5 rings (SSSR count). The minimum atomic E-state index is -1.27. The van der Waals surface area contributed by atoms with E-state index in [9.17, 15) is 9.59 Å². The first-order valence-electron chi connectivity index (χ1n) is 15.2. The number of fused-ring (bicyclic) bond motifs is 1. The third kappa shape index (κ3) is 7.25. The van der Waals surface area contributed by atoms with Gasteiger partial charge in [0.15, 0.2) is 0 Å². The molecule has 0 bridgehead atoms. The van der Waals surface area contributed by atoms with Gasteiger partial charge in [-0.2, -0.15) is 0 Å². The van der Waals surface area contributed by atoms with Crippen LogP contribution in [-0.2, 0) is 16.9 Å². The smallest absolute Gasteiger partial charge is 0.287 e. The third-order valence-electron chi connectivity index (χ3n) is 8.22. The van der Waals surface area contributed by atoms with Crippen LogP contribution in [0.3, 0.4) is 0 Å². The first-order chi connectivity index (χ1) is 20.8. The van der Waals surface area contributed by atoms with Gasteiger partial charge < -0.3 is 19.4 Å². The van der Waals surface area contributed by atoms with Crippen LogP contribution in [0.1, 0.15) is 65.3 Å². The van der Waals surface area contributed by atoms with Crippen molar-refractivity contribution in [3.05, 3.63) is 89.0 Å². The molecule has 0 unspecified atom stereocenters. The monoisotopic (exact) mass is 634 g/mol. The summed E-state index contributed by atoms with van der Waals surface area (Å²) in [4.78, 5) is 38.4. The number of nitrogens with zero attached hydrogens (tertiary/aromatic N) is 5. The first-order valence-corrected chi connectivity index (χ1v) is 19.3. The van der Waals surface area contributed by atoms with Gasteiger partial charge in [0.1, 0.15) is 6.73 Å². The van der Waals surface area contributed by atoms with Crippen molar-refractivity contribution in [2.24, 2.45) is 0 Å². The largest absolute Gasteiger partial charge is 0.361 e. The van der Waals surface area contributed by atoms with Gasteiger partial charge in [-0.05, 0) is 42.3 Å². The van der Waals surface area contributed by atoms with Crippen molar-refractivity contribution >= 4 is 37.0 Å². The summed E-state index contributed by atoms with van der Waals surface area (Å²) in [5, 5.41) is 3.90. The molecule has 2 amide bonds. The Morgan fingerprint density at radius 2 is 1.93 bits per heavy atom. The van der Waals surface area contributed by atoms with E-state index in [0.29, 0.717) is 42.5 Å². The van der Waals surface area contributed by atoms with Crippen LogP contribution in [0.25, 0.3) is 5.52 Å². The summed E-state index contributed by atoms with van der Waals surface area (Å²) in [5.74, 6) is -0.114. The first kappa shape index (κ1) is 31.9. The summed E-state index contributed by atoms with van der Waals surface area (Å²) in [6.07, 6.45) is 7.69. The number of likely N-dealkylation sites (tertiary alicyclic amines) is 1. The fourth-order valence-corrected chi connectivity index (χ4v) is 6.73. The fraction of sp³-hybridized carbons (Fsp3) is 0.455. The molecule has 2 atom stereocenters. The third-order valence-corrected chi connectivity index (χ3v) is 10.2. The Bertz CT molecular complexity index is 1640. The van der Waals surface area contributed by atoms with Gasteiger partial charge >= 0.3 is 0 Å². The molecule has 1 N–H and O–H groups in total. The minimum absolute atomic E-state index is 0.0362. The van der Waals surface area contributed by atoms with Gasteiger partial charge in [0.2, 0.25) is 5.82 Å². The number of hydrogen-bond donors (Lipinski definition) is 1. The van der Waals surface area contributed by atoms with Crippen LogP contribution >= 0.6 is 11.6 Å². The summed E-state index contributed by atoms with van der Waals surface area (Å²) in [7, 11) is -1.27. The van der Waals surface area contributed by atoms with Crippen molar-refractivity contribution in [2.45, 2.75) is 77.0 Å². The van der Waals surface area contributed by atoms with E-state index in [1.807, 2.05) is 56.5 Å². The number of ether oxygens (including phenoxy) is 1. The lowest BCUT2D eigenvalue weighted by Gasteiger charge is -2.39. The molecular weight excluding hydrogens is 592 g/mol. The van der Waals surface area contributed by atoms with Gasteiger partial charge in [-0.3, -0.25) is 14.2 Å². The lowest BCUT2D eigenvalue weighted by molar-refractivity contribution is 0.0641. The lowest BCUT2D eigenvalue weighted by atomic mass is 9.85. The number of nitrogens with one attached hydrogen (secondary N) is 1. The van der Waals surface area contributed by atoms with Crippen molar-refractivity contribution < 1.29 is 14.3 Å². The highest BCUT2D eigenvalue weighted by molar-refractivity contribution is 6.76. The van der Waals surface area contributed by atoms with Crippen LogP contribution in [0.4, 0.5) is 0 Å². The SMILES string of the molecule is CC(C)(C)c1cnc(C(=O)N[C@@H]2CN(C(=O)c3cccn4cncc34)CC[C@H]2c2cccc(Cl)c2)n1COCC[Si](C)(C)C. The van der Waals surface area contributed by atoms with Crippen LogP contribution in [0, 0.1) is 0 Å². The molecule has 11 heteroatoms. The maximum atomic E-state index is 14.0. The fourth-order valence-electron chi connectivity index (χ4n) is 5.77. The average Bonchev–Trinajstić information content (AvgIpc) is 3.62. The van der Waals surface area contributed by atoms with Gasteiger partial charge in [-0.25, -0.2) is 9.97 Å². The van der Waals surface area contributed by atoms with Gasteiger partial charge in [-0.15, -0.1) is 0 Å². The van der Waals surface area contributed by atoms with Crippen molar-refractivity contribution in [3.63, 3.8) is 0 Å². The molecule has 9 nitrogen and oxygen atoms in total. The maximum Gasteiger partial charge on any atom is 0.287 e. The standard InChI is InChI=1S/C33H43ClN6O3Si/c1-33(2,3)29-19-36-30(40(29)22-43-15-16-44(4,5)6)31(41)37-27-20-38(14-12-25(27)23-9-7-10-24(34)17-23)32(42)26-11-8-13-39-21-35-18-28(26)39/h7-11,13,17-19,21,25,27H,12,14-16,20,22H2,1-6H3,(H,37,41)/t25-,27+/m0/s1. The van der Waals surface area contributed by atoms with E-state index in [1.54, 1.807) is 18.7 Å².